The van der Waals surface area contributed by atoms with E-state index >= 15 is 0 Å². The number of rotatable bonds is 6. The molecule has 0 saturated heterocycles. The highest BCUT2D eigenvalue weighted by atomic mass is 32.2. The fourth-order valence-corrected chi connectivity index (χ4v) is 2.61. The van der Waals surface area contributed by atoms with Crippen molar-refractivity contribution in [2.24, 2.45) is 0 Å². The molecule has 1 unspecified atom stereocenters. The average Bonchev–Trinajstić information content (AvgIpc) is 2.35. The van der Waals surface area contributed by atoms with Gasteiger partial charge in [-0.15, -0.1) is 0 Å². The molecule has 1 rings (SSSR count). The van der Waals surface area contributed by atoms with Crippen LogP contribution in [0.5, 0.6) is 0 Å². The van der Waals surface area contributed by atoms with Crippen LogP contribution in [-0.2, 0) is 4.79 Å². The monoisotopic (exact) mass is 282 g/mol. The molecule has 1 aromatic rings. The fourth-order valence-electron chi connectivity index (χ4n) is 1.72. The second kappa shape index (κ2) is 6.91. The summed E-state index contributed by atoms with van der Waals surface area (Å²) >= 11 is 1.44. The highest BCUT2D eigenvalue weighted by molar-refractivity contribution is 8.00. The van der Waals surface area contributed by atoms with E-state index in [1.807, 2.05) is 32.0 Å². The van der Waals surface area contributed by atoms with Crippen LogP contribution in [-0.4, -0.2) is 44.8 Å². The Labute approximate surface area is 119 Å². The lowest BCUT2D eigenvalue weighted by molar-refractivity contribution is -0.133. The first-order valence-electron chi connectivity index (χ1n) is 6.42. The number of aromatic nitrogens is 1. The second-order valence-corrected chi connectivity index (χ2v) is 6.45. The number of amides is 1. The molecule has 0 aliphatic rings. The van der Waals surface area contributed by atoms with Crippen molar-refractivity contribution in [3.05, 3.63) is 24.4 Å². The molecule has 0 fully saturated rings. The van der Waals surface area contributed by atoms with E-state index in [9.17, 15) is 9.90 Å². The highest BCUT2D eigenvalue weighted by Crippen LogP contribution is 2.22. The predicted octanol–water partition coefficient (Wildman–Crippen LogP) is 2.18. The molecule has 1 amide bonds. The van der Waals surface area contributed by atoms with E-state index in [-0.39, 0.29) is 11.2 Å². The number of pyridine rings is 1. The Morgan fingerprint density at radius 1 is 1.53 bits per heavy atom. The first-order chi connectivity index (χ1) is 8.83. The summed E-state index contributed by atoms with van der Waals surface area (Å²) in [6.07, 6.45) is 1.72. The maximum absolute atomic E-state index is 12.3. The molecular weight excluding hydrogens is 260 g/mol. The largest absolute Gasteiger partial charge is 0.389 e. The molecule has 0 saturated carbocycles. The Bertz CT molecular complexity index is 404. The quantitative estimate of drug-likeness (QED) is 0.813. The summed E-state index contributed by atoms with van der Waals surface area (Å²) < 4.78 is 0. The van der Waals surface area contributed by atoms with Crippen molar-refractivity contribution in [2.75, 3.05) is 13.1 Å². The van der Waals surface area contributed by atoms with E-state index in [1.165, 1.54) is 11.8 Å². The minimum absolute atomic E-state index is 0.0280. The van der Waals surface area contributed by atoms with E-state index in [4.69, 9.17) is 0 Å². The third kappa shape index (κ3) is 5.61. The molecule has 0 radical (unpaired) electrons. The fraction of sp³-hybridized carbons (Fsp3) is 0.571. The zero-order chi connectivity index (χ0) is 14.5. The smallest absolute Gasteiger partial charge is 0.235 e. The summed E-state index contributed by atoms with van der Waals surface area (Å²) in [6, 6.07) is 5.64. The van der Waals surface area contributed by atoms with Crippen LogP contribution in [0.3, 0.4) is 0 Å². The number of hydrogen-bond acceptors (Lipinski definition) is 4. The molecule has 0 aliphatic carbocycles. The van der Waals surface area contributed by atoms with E-state index in [0.29, 0.717) is 13.1 Å². The third-order valence-electron chi connectivity index (χ3n) is 2.55. The van der Waals surface area contributed by atoms with E-state index < -0.39 is 5.60 Å². The molecule has 106 valence electrons. The molecule has 5 heteroatoms. The molecule has 1 N–H and O–H groups in total. The average molecular weight is 282 g/mol. The van der Waals surface area contributed by atoms with Gasteiger partial charge in [-0.2, -0.15) is 0 Å². The summed E-state index contributed by atoms with van der Waals surface area (Å²) in [5.41, 5.74) is -0.874. The van der Waals surface area contributed by atoms with Crippen LogP contribution in [0, 0.1) is 0 Å². The topological polar surface area (TPSA) is 53.4 Å². The van der Waals surface area contributed by atoms with Crippen LogP contribution in [0.4, 0.5) is 0 Å². The van der Waals surface area contributed by atoms with Crippen LogP contribution >= 0.6 is 11.8 Å². The predicted molar refractivity (Wildman–Crippen MR) is 78.1 cm³/mol. The zero-order valence-electron chi connectivity index (χ0n) is 12.0. The molecular formula is C14H22N2O2S. The van der Waals surface area contributed by atoms with Gasteiger partial charge in [0.1, 0.15) is 0 Å². The molecule has 19 heavy (non-hydrogen) atoms. The van der Waals surface area contributed by atoms with Gasteiger partial charge in [0, 0.05) is 19.3 Å². The van der Waals surface area contributed by atoms with Gasteiger partial charge < -0.3 is 10.0 Å². The summed E-state index contributed by atoms with van der Waals surface area (Å²) in [5, 5.41) is 10.5. The maximum Gasteiger partial charge on any atom is 0.235 e. The SMILES string of the molecule is CCN(CC(C)(C)O)C(=O)C(C)Sc1ccccn1. The Morgan fingerprint density at radius 2 is 2.21 bits per heavy atom. The molecule has 0 aliphatic heterocycles. The van der Waals surface area contributed by atoms with Gasteiger partial charge in [-0.3, -0.25) is 4.79 Å². The van der Waals surface area contributed by atoms with Gasteiger partial charge in [0.2, 0.25) is 5.91 Å². The Balaban J connectivity index is 2.64. The lowest BCUT2D eigenvalue weighted by Crippen LogP contribution is -2.44. The van der Waals surface area contributed by atoms with Gasteiger partial charge in [-0.1, -0.05) is 17.8 Å². The lowest BCUT2D eigenvalue weighted by atomic mass is 10.1. The Kier molecular flexibility index (Phi) is 5.82. The number of aliphatic hydroxyl groups is 1. The highest BCUT2D eigenvalue weighted by Gasteiger charge is 2.25. The van der Waals surface area contributed by atoms with Crippen LogP contribution in [0.15, 0.2) is 29.4 Å². The first kappa shape index (κ1) is 16.0. The van der Waals surface area contributed by atoms with Crippen LogP contribution in [0.2, 0.25) is 0 Å². The van der Waals surface area contributed by atoms with Crippen molar-refractivity contribution in [1.29, 1.82) is 0 Å². The number of likely N-dealkylation sites (N-methyl/N-ethyl adjacent to an activating group) is 1. The minimum Gasteiger partial charge on any atom is -0.389 e. The van der Waals surface area contributed by atoms with Crippen LogP contribution in [0.25, 0.3) is 0 Å². The minimum atomic E-state index is -0.874. The normalized spacial score (nSPS) is 13.1. The van der Waals surface area contributed by atoms with Gasteiger partial charge >= 0.3 is 0 Å². The van der Waals surface area contributed by atoms with Gasteiger partial charge in [0.05, 0.1) is 15.9 Å². The summed E-state index contributed by atoms with van der Waals surface area (Å²) in [7, 11) is 0. The standard InChI is InChI=1S/C14H22N2O2S/c1-5-16(10-14(3,4)18)13(17)11(2)19-12-8-6-7-9-15-12/h6-9,11,18H,5,10H2,1-4H3. The van der Waals surface area contributed by atoms with Crippen molar-refractivity contribution in [2.45, 2.75) is 43.6 Å². The number of carbonyl (C=O) groups excluding carboxylic acids is 1. The van der Waals surface area contributed by atoms with Crippen molar-refractivity contribution >= 4 is 17.7 Å². The van der Waals surface area contributed by atoms with Crippen molar-refractivity contribution < 1.29 is 9.90 Å². The summed E-state index contributed by atoms with van der Waals surface area (Å²) in [6.45, 7) is 8.14. The van der Waals surface area contributed by atoms with Crippen LogP contribution in [0.1, 0.15) is 27.7 Å². The molecule has 1 atom stereocenters. The number of carbonyl (C=O) groups is 1. The third-order valence-corrected chi connectivity index (χ3v) is 3.59. The molecule has 0 aromatic carbocycles. The van der Waals surface area contributed by atoms with Crippen molar-refractivity contribution in [1.82, 2.24) is 9.88 Å². The second-order valence-electron chi connectivity index (χ2n) is 5.09. The molecule has 1 heterocycles. The van der Waals surface area contributed by atoms with E-state index in [1.54, 1.807) is 24.9 Å². The molecule has 0 spiro atoms. The molecule has 4 nitrogen and oxygen atoms in total. The maximum atomic E-state index is 12.3. The number of thioether (sulfide) groups is 1. The summed E-state index contributed by atoms with van der Waals surface area (Å²) in [4.78, 5) is 18.2. The molecule has 1 aromatic heterocycles. The Morgan fingerprint density at radius 3 is 2.68 bits per heavy atom. The van der Waals surface area contributed by atoms with Gasteiger partial charge in [0.15, 0.2) is 0 Å². The van der Waals surface area contributed by atoms with Gasteiger partial charge in [-0.25, -0.2) is 4.98 Å². The van der Waals surface area contributed by atoms with Gasteiger partial charge in [-0.05, 0) is 39.8 Å². The van der Waals surface area contributed by atoms with E-state index in [2.05, 4.69) is 4.98 Å². The van der Waals surface area contributed by atoms with Crippen LogP contribution < -0.4 is 0 Å². The number of nitrogens with zero attached hydrogens (tertiary/aromatic N) is 2. The number of hydrogen-bond donors (Lipinski definition) is 1. The Hall–Kier alpha value is -1.07. The van der Waals surface area contributed by atoms with Crippen molar-refractivity contribution in [3.8, 4) is 0 Å². The summed E-state index contributed by atoms with van der Waals surface area (Å²) in [5.74, 6) is 0.0280. The zero-order valence-corrected chi connectivity index (χ0v) is 12.8. The van der Waals surface area contributed by atoms with Crippen molar-refractivity contribution in [3.63, 3.8) is 0 Å². The first-order valence-corrected chi connectivity index (χ1v) is 7.30. The van der Waals surface area contributed by atoms with Gasteiger partial charge in [0.25, 0.3) is 0 Å². The van der Waals surface area contributed by atoms with E-state index in [0.717, 1.165) is 5.03 Å². The molecule has 0 bridgehead atoms. The lowest BCUT2D eigenvalue weighted by Gasteiger charge is -2.29.